The van der Waals surface area contributed by atoms with Crippen molar-refractivity contribution in [3.8, 4) is 0 Å². The second-order valence-corrected chi connectivity index (χ2v) is 4.72. The van der Waals surface area contributed by atoms with E-state index in [0.717, 1.165) is 0 Å². The van der Waals surface area contributed by atoms with Crippen LogP contribution in [0.5, 0.6) is 0 Å². The molecule has 0 aromatic carbocycles. The molecule has 0 bridgehead atoms. The van der Waals surface area contributed by atoms with Crippen LogP contribution in [0.15, 0.2) is 11.4 Å². The molecule has 15 heavy (non-hydrogen) atoms. The predicted octanol–water partition coefficient (Wildman–Crippen LogP) is 2.04. The highest BCUT2D eigenvalue weighted by Crippen LogP contribution is 2.26. The first kappa shape index (κ1) is 12.4. The van der Waals surface area contributed by atoms with E-state index in [1.54, 1.807) is 6.92 Å². The highest BCUT2D eigenvalue weighted by molar-refractivity contribution is 7.99. The zero-order valence-electron chi connectivity index (χ0n) is 9.07. The molecule has 0 saturated heterocycles. The SMILES string of the molecule is CCc1ncnc(SC(C)C(C)O)c1F. The van der Waals surface area contributed by atoms with Crippen LogP contribution in [0.4, 0.5) is 4.39 Å². The summed E-state index contributed by atoms with van der Waals surface area (Å²) in [5.41, 5.74) is 0.422. The Balaban J connectivity index is 2.86. The second kappa shape index (κ2) is 5.42. The minimum atomic E-state index is -0.491. The van der Waals surface area contributed by atoms with Crippen LogP contribution in [-0.4, -0.2) is 26.4 Å². The lowest BCUT2D eigenvalue weighted by Gasteiger charge is -2.13. The summed E-state index contributed by atoms with van der Waals surface area (Å²) in [5.74, 6) is -0.363. The molecule has 0 saturated carbocycles. The molecule has 0 spiro atoms. The molecule has 3 nitrogen and oxygen atoms in total. The molecule has 5 heteroatoms. The molecule has 0 aliphatic heterocycles. The van der Waals surface area contributed by atoms with Crippen LogP contribution in [0.1, 0.15) is 26.5 Å². The van der Waals surface area contributed by atoms with Gasteiger partial charge in [0.2, 0.25) is 0 Å². The smallest absolute Gasteiger partial charge is 0.176 e. The second-order valence-electron chi connectivity index (χ2n) is 3.36. The van der Waals surface area contributed by atoms with E-state index in [0.29, 0.717) is 17.1 Å². The summed E-state index contributed by atoms with van der Waals surface area (Å²) in [5, 5.41) is 9.54. The van der Waals surface area contributed by atoms with Gasteiger partial charge in [0.25, 0.3) is 0 Å². The maximum absolute atomic E-state index is 13.7. The first-order valence-electron chi connectivity index (χ1n) is 4.90. The topological polar surface area (TPSA) is 46.0 Å². The fraction of sp³-hybridized carbons (Fsp3) is 0.600. The summed E-state index contributed by atoms with van der Waals surface area (Å²) in [4.78, 5) is 7.72. The Labute approximate surface area is 93.1 Å². The lowest BCUT2D eigenvalue weighted by molar-refractivity contribution is 0.196. The first-order chi connectivity index (χ1) is 7.06. The summed E-state index contributed by atoms with van der Waals surface area (Å²) in [6.07, 6.45) is 1.42. The number of halogens is 1. The Morgan fingerprint density at radius 3 is 2.67 bits per heavy atom. The van der Waals surface area contributed by atoms with Crippen molar-refractivity contribution >= 4 is 11.8 Å². The van der Waals surface area contributed by atoms with Crippen molar-refractivity contribution in [3.05, 3.63) is 17.8 Å². The molecule has 84 valence electrons. The number of rotatable bonds is 4. The van der Waals surface area contributed by atoms with Gasteiger partial charge in [0.1, 0.15) is 11.4 Å². The standard InChI is InChI=1S/C10H15FN2OS/c1-4-8-9(11)10(13-5-12-8)15-7(3)6(2)14/h5-7,14H,4H2,1-3H3. The van der Waals surface area contributed by atoms with E-state index in [1.165, 1.54) is 18.1 Å². The molecule has 1 heterocycles. The summed E-state index contributed by atoms with van der Waals surface area (Å²) in [7, 11) is 0. The molecule has 0 amide bonds. The lowest BCUT2D eigenvalue weighted by atomic mass is 10.3. The maximum Gasteiger partial charge on any atom is 0.176 e. The van der Waals surface area contributed by atoms with Gasteiger partial charge in [0.15, 0.2) is 5.82 Å². The van der Waals surface area contributed by atoms with Crippen molar-refractivity contribution in [2.75, 3.05) is 0 Å². The van der Waals surface area contributed by atoms with E-state index < -0.39 is 6.10 Å². The number of thioether (sulfide) groups is 1. The Hall–Kier alpha value is -0.680. The number of aliphatic hydroxyl groups excluding tert-OH is 1. The van der Waals surface area contributed by atoms with E-state index in [2.05, 4.69) is 9.97 Å². The zero-order valence-corrected chi connectivity index (χ0v) is 9.88. The average Bonchev–Trinajstić information content (AvgIpc) is 2.21. The maximum atomic E-state index is 13.7. The third-order valence-corrected chi connectivity index (χ3v) is 3.41. The minimum absolute atomic E-state index is 0.0842. The summed E-state index contributed by atoms with van der Waals surface area (Å²) in [6.45, 7) is 5.36. The number of hydrogen-bond donors (Lipinski definition) is 1. The summed E-state index contributed by atoms with van der Waals surface area (Å²) in [6, 6.07) is 0. The van der Waals surface area contributed by atoms with Crippen LogP contribution < -0.4 is 0 Å². The number of aromatic nitrogens is 2. The van der Waals surface area contributed by atoms with E-state index in [9.17, 15) is 9.50 Å². The largest absolute Gasteiger partial charge is 0.392 e. The van der Waals surface area contributed by atoms with Crippen molar-refractivity contribution in [1.29, 1.82) is 0 Å². The molecule has 2 unspecified atom stereocenters. The third-order valence-electron chi connectivity index (χ3n) is 2.14. The number of aliphatic hydroxyl groups is 1. The molecule has 0 fully saturated rings. The van der Waals surface area contributed by atoms with Crippen LogP contribution in [0.2, 0.25) is 0 Å². The molecule has 0 aliphatic carbocycles. The molecule has 0 aliphatic rings. The van der Waals surface area contributed by atoms with Crippen molar-refractivity contribution in [2.45, 2.75) is 43.6 Å². The van der Waals surface area contributed by atoms with E-state index >= 15 is 0 Å². The highest BCUT2D eigenvalue weighted by Gasteiger charge is 2.16. The molecule has 1 rings (SSSR count). The van der Waals surface area contributed by atoms with Gasteiger partial charge in [-0.3, -0.25) is 0 Å². The van der Waals surface area contributed by atoms with Gasteiger partial charge in [-0.05, 0) is 13.3 Å². The van der Waals surface area contributed by atoms with Crippen LogP contribution in [0.25, 0.3) is 0 Å². The fourth-order valence-corrected chi connectivity index (χ4v) is 1.87. The first-order valence-corrected chi connectivity index (χ1v) is 5.78. The zero-order chi connectivity index (χ0) is 11.4. The lowest BCUT2D eigenvalue weighted by Crippen LogP contribution is -2.15. The van der Waals surface area contributed by atoms with Crippen molar-refractivity contribution in [2.24, 2.45) is 0 Å². The van der Waals surface area contributed by atoms with Gasteiger partial charge in [-0.1, -0.05) is 25.6 Å². The highest BCUT2D eigenvalue weighted by atomic mass is 32.2. The molecular formula is C10H15FN2OS. The van der Waals surface area contributed by atoms with Gasteiger partial charge in [-0.25, -0.2) is 14.4 Å². The van der Waals surface area contributed by atoms with Crippen molar-refractivity contribution < 1.29 is 9.50 Å². The summed E-state index contributed by atoms with van der Waals surface area (Å²) >= 11 is 1.23. The normalized spacial score (nSPS) is 15.0. The number of nitrogens with zero attached hydrogens (tertiary/aromatic N) is 2. The monoisotopic (exact) mass is 230 g/mol. The van der Waals surface area contributed by atoms with Gasteiger partial charge in [0, 0.05) is 5.25 Å². The average molecular weight is 230 g/mol. The quantitative estimate of drug-likeness (QED) is 0.635. The molecule has 0 radical (unpaired) electrons. The van der Waals surface area contributed by atoms with Crippen molar-refractivity contribution in [1.82, 2.24) is 9.97 Å². The fourth-order valence-electron chi connectivity index (χ4n) is 0.991. The molecule has 2 atom stereocenters. The van der Waals surface area contributed by atoms with Crippen LogP contribution in [0.3, 0.4) is 0 Å². The van der Waals surface area contributed by atoms with Crippen LogP contribution >= 0.6 is 11.8 Å². The van der Waals surface area contributed by atoms with Gasteiger partial charge in [-0.15, -0.1) is 0 Å². The Kier molecular flexibility index (Phi) is 4.47. The molecule has 1 N–H and O–H groups in total. The summed E-state index contributed by atoms with van der Waals surface area (Å²) < 4.78 is 13.7. The van der Waals surface area contributed by atoms with Gasteiger partial charge < -0.3 is 5.11 Å². The third kappa shape index (κ3) is 3.14. The van der Waals surface area contributed by atoms with Gasteiger partial charge in [0.05, 0.1) is 11.8 Å². The predicted molar refractivity (Wildman–Crippen MR) is 58.4 cm³/mol. The van der Waals surface area contributed by atoms with Crippen LogP contribution in [-0.2, 0) is 6.42 Å². The van der Waals surface area contributed by atoms with E-state index in [-0.39, 0.29) is 11.1 Å². The molecular weight excluding hydrogens is 215 g/mol. The molecule has 1 aromatic rings. The van der Waals surface area contributed by atoms with E-state index in [1.807, 2.05) is 13.8 Å². The van der Waals surface area contributed by atoms with Crippen molar-refractivity contribution in [3.63, 3.8) is 0 Å². The van der Waals surface area contributed by atoms with Crippen LogP contribution in [0, 0.1) is 5.82 Å². The van der Waals surface area contributed by atoms with Gasteiger partial charge >= 0.3 is 0 Å². The minimum Gasteiger partial charge on any atom is -0.392 e. The van der Waals surface area contributed by atoms with E-state index in [4.69, 9.17) is 0 Å². The number of hydrogen-bond acceptors (Lipinski definition) is 4. The Bertz CT molecular complexity index is 333. The Morgan fingerprint density at radius 1 is 1.47 bits per heavy atom. The number of aryl methyl sites for hydroxylation is 1. The molecule has 1 aromatic heterocycles. The van der Waals surface area contributed by atoms with Gasteiger partial charge in [-0.2, -0.15) is 0 Å². The Morgan fingerprint density at radius 2 is 2.13 bits per heavy atom.